The van der Waals surface area contributed by atoms with Gasteiger partial charge in [-0.3, -0.25) is 0 Å². The molecule has 2 N–H and O–H groups in total. The predicted molar refractivity (Wildman–Crippen MR) is 56.5 cm³/mol. The highest BCUT2D eigenvalue weighted by molar-refractivity contribution is 5.71. The van der Waals surface area contributed by atoms with Crippen molar-refractivity contribution in [3.05, 3.63) is 12.4 Å². The molecule has 6 nitrogen and oxygen atoms in total. The van der Waals surface area contributed by atoms with Gasteiger partial charge in [0.2, 0.25) is 11.5 Å². The van der Waals surface area contributed by atoms with Crippen molar-refractivity contribution in [1.82, 2.24) is 15.1 Å². The fourth-order valence-corrected chi connectivity index (χ4v) is 1.20. The summed E-state index contributed by atoms with van der Waals surface area (Å²) in [6.45, 7) is 2.57. The standard InChI is InChI=1S/C9H13N5O/c1-6(3-10)14(2)9-11-5-8-7(13-9)4-12-15-8/h4-6H,3,10H2,1-2H3. The minimum atomic E-state index is 0.197. The van der Waals surface area contributed by atoms with Crippen LogP contribution in [0.4, 0.5) is 5.95 Å². The lowest BCUT2D eigenvalue weighted by molar-refractivity contribution is 0.455. The molecule has 2 aromatic rings. The van der Waals surface area contributed by atoms with Crippen molar-refractivity contribution in [3.63, 3.8) is 0 Å². The van der Waals surface area contributed by atoms with E-state index in [0.717, 1.165) is 0 Å². The Balaban J connectivity index is 2.35. The topological polar surface area (TPSA) is 81.1 Å². The van der Waals surface area contributed by atoms with Crippen LogP contribution in [0.3, 0.4) is 0 Å². The Hall–Kier alpha value is -1.69. The van der Waals surface area contributed by atoms with Crippen LogP contribution in [0.25, 0.3) is 11.1 Å². The zero-order valence-electron chi connectivity index (χ0n) is 8.71. The number of nitrogens with two attached hydrogens (primary N) is 1. The molecule has 1 unspecified atom stereocenters. The fraction of sp³-hybridized carbons (Fsp3) is 0.444. The third-order valence-electron chi connectivity index (χ3n) is 2.41. The number of anilines is 1. The summed E-state index contributed by atoms with van der Waals surface area (Å²) in [7, 11) is 1.91. The van der Waals surface area contributed by atoms with Crippen molar-refractivity contribution in [1.29, 1.82) is 0 Å². The van der Waals surface area contributed by atoms with Gasteiger partial charge in [-0.2, -0.15) is 0 Å². The number of aromatic nitrogens is 3. The van der Waals surface area contributed by atoms with Gasteiger partial charge in [0.05, 0.1) is 12.4 Å². The van der Waals surface area contributed by atoms with Crippen LogP contribution in [0.15, 0.2) is 16.9 Å². The summed E-state index contributed by atoms with van der Waals surface area (Å²) in [5.74, 6) is 0.628. The summed E-state index contributed by atoms with van der Waals surface area (Å²) in [4.78, 5) is 10.4. The number of rotatable bonds is 3. The first kappa shape index (κ1) is 9.85. The molecule has 0 saturated heterocycles. The molecular weight excluding hydrogens is 194 g/mol. The lowest BCUT2D eigenvalue weighted by Crippen LogP contribution is -2.36. The summed E-state index contributed by atoms with van der Waals surface area (Å²) < 4.78 is 4.92. The number of hydrogen-bond donors (Lipinski definition) is 1. The Labute approximate surface area is 87.1 Å². The average Bonchev–Trinajstić information content (AvgIpc) is 2.73. The number of hydrogen-bond acceptors (Lipinski definition) is 6. The second-order valence-corrected chi connectivity index (χ2v) is 3.44. The van der Waals surface area contributed by atoms with E-state index >= 15 is 0 Å². The minimum absolute atomic E-state index is 0.197. The monoisotopic (exact) mass is 207 g/mol. The minimum Gasteiger partial charge on any atom is -0.353 e. The van der Waals surface area contributed by atoms with Gasteiger partial charge in [0, 0.05) is 19.6 Å². The molecule has 0 amide bonds. The second kappa shape index (κ2) is 3.82. The molecule has 0 spiro atoms. The quantitative estimate of drug-likeness (QED) is 0.784. The highest BCUT2D eigenvalue weighted by Gasteiger charge is 2.12. The zero-order valence-corrected chi connectivity index (χ0v) is 8.71. The van der Waals surface area contributed by atoms with Crippen LogP contribution < -0.4 is 10.6 Å². The van der Waals surface area contributed by atoms with E-state index in [1.165, 1.54) is 0 Å². The van der Waals surface area contributed by atoms with Crippen LogP contribution in [0.2, 0.25) is 0 Å². The van der Waals surface area contributed by atoms with E-state index in [9.17, 15) is 0 Å². The van der Waals surface area contributed by atoms with Crippen LogP contribution >= 0.6 is 0 Å². The predicted octanol–water partition coefficient (Wildman–Crippen LogP) is 0.401. The molecule has 15 heavy (non-hydrogen) atoms. The summed E-state index contributed by atoms with van der Waals surface area (Å²) in [5.41, 5.74) is 6.87. The third kappa shape index (κ3) is 1.75. The van der Waals surface area contributed by atoms with Gasteiger partial charge in [-0.15, -0.1) is 0 Å². The maximum atomic E-state index is 5.57. The van der Waals surface area contributed by atoms with Gasteiger partial charge >= 0.3 is 0 Å². The number of nitrogens with zero attached hydrogens (tertiary/aromatic N) is 4. The molecule has 6 heteroatoms. The summed E-state index contributed by atoms with van der Waals surface area (Å²) in [6, 6.07) is 0.197. The largest absolute Gasteiger partial charge is 0.353 e. The van der Waals surface area contributed by atoms with Crippen LogP contribution in [0.5, 0.6) is 0 Å². The maximum Gasteiger partial charge on any atom is 0.226 e. The van der Waals surface area contributed by atoms with Crippen LogP contribution in [-0.4, -0.2) is 34.8 Å². The van der Waals surface area contributed by atoms with Crippen molar-refractivity contribution < 1.29 is 4.52 Å². The van der Waals surface area contributed by atoms with Gasteiger partial charge in [0.25, 0.3) is 0 Å². The van der Waals surface area contributed by atoms with E-state index in [-0.39, 0.29) is 6.04 Å². The van der Waals surface area contributed by atoms with Gasteiger partial charge in [0.15, 0.2) is 0 Å². The molecule has 0 aliphatic rings. The number of fused-ring (bicyclic) bond motifs is 1. The molecule has 80 valence electrons. The third-order valence-corrected chi connectivity index (χ3v) is 2.41. The van der Waals surface area contributed by atoms with E-state index in [0.29, 0.717) is 23.6 Å². The molecule has 0 aliphatic carbocycles. The van der Waals surface area contributed by atoms with Crippen LogP contribution in [-0.2, 0) is 0 Å². The lowest BCUT2D eigenvalue weighted by atomic mass is 10.3. The average molecular weight is 207 g/mol. The lowest BCUT2D eigenvalue weighted by Gasteiger charge is -2.22. The van der Waals surface area contributed by atoms with Gasteiger partial charge in [-0.1, -0.05) is 5.16 Å². The first-order chi connectivity index (χ1) is 7.22. The Morgan fingerprint density at radius 1 is 1.53 bits per heavy atom. The van der Waals surface area contributed by atoms with E-state index < -0.39 is 0 Å². The van der Waals surface area contributed by atoms with Crippen LogP contribution in [0, 0.1) is 0 Å². The van der Waals surface area contributed by atoms with E-state index in [2.05, 4.69) is 15.1 Å². The second-order valence-electron chi connectivity index (χ2n) is 3.44. The molecule has 0 fully saturated rings. The number of likely N-dealkylation sites (N-methyl/N-ethyl adjacent to an activating group) is 1. The molecule has 2 rings (SSSR count). The Morgan fingerprint density at radius 2 is 2.33 bits per heavy atom. The molecule has 0 radical (unpaired) electrons. The van der Waals surface area contributed by atoms with Crippen molar-refractivity contribution in [3.8, 4) is 0 Å². The Kier molecular flexibility index (Phi) is 2.51. The van der Waals surface area contributed by atoms with Gasteiger partial charge < -0.3 is 15.2 Å². The summed E-state index contributed by atoms with van der Waals surface area (Å²) in [5, 5.41) is 3.65. The molecule has 0 aromatic carbocycles. The van der Waals surface area contributed by atoms with Crippen molar-refractivity contribution in [2.45, 2.75) is 13.0 Å². The Bertz CT molecular complexity index is 454. The molecular formula is C9H13N5O. The van der Waals surface area contributed by atoms with E-state index in [1.54, 1.807) is 12.4 Å². The van der Waals surface area contributed by atoms with Gasteiger partial charge in [-0.05, 0) is 6.92 Å². The molecule has 2 heterocycles. The first-order valence-corrected chi connectivity index (χ1v) is 4.72. The highest BCUT2D eigenvalue weighted by Crippen LogP contribution is 2.14. The molecule has 2 aromatic heterocycles. The smallest absolute Gasteiger partial charge is 0.226 e. The SMILES string of the molecule is CC(CN)N(C)c1ncc2oncc2n1. The van der Waals surface area contributed by atoms with E-state index in [1.807, 2.05) is 18.9 Å². The van der Waals surface area contributed by atoms with Crippen molar-refractivity contribution in [2.24, 2.45) is 5.73 Å². The van der Waals surface area contributed by atoms with E-state index in [4.69, 9.17) is 10.3 Å². The normalized spacial score (nSPS) is 13.0. The maximum absolute atomic E-state index is 5.57. The Morgan fingerprint density at radius 3 is 3.07 bits per heavy atom. The van der Waals surface area contributed by atoms with Crippen LogP contribution in [0.1, 0.15) is 6.92 Å². The van der Waals surface area contributed by atoms with Crippen molar-refractivity contribution in [2.75, 3.05) is 18.5 Å². The van der Waals surface area contributed by atoms with Crippen molar-refractivity contribution >= 4 is 17.0 Å². The first-order valence-electron chi connectivity index (χ1n) is 4.72. The fourth-order valence-electron chi connectivity index (χ4n) is 1.20. The van der Waals surface area contributed by atoms with Gasteiger partial charge in [-0.25, -0.2) is 9.97 Å². The summed E-state index contributed by atoms with van der Waals surface area (Å²) in [6.07, 6.45) is 3.19. The highest BCUT2D eigenvalue weighted by atomic mass is 16.5. The summed E-state index contributed by atoms with van der Waals surface area (Å²) >= 11 is 0. The molecule has 1 atom stereocenters. The molecule has 0 bridgehead atoms. The van der Waals surface area contributed by atoms with Gasteiger partial charge in [0.1, 0.15) is 5.52 Å². The molecule has 0 saturated carbocycles. The zero-order chi connectivity index (χ0) is 10.8. The molecule has 0 aliphatic heterocycles.